The van der Waals surface area contributed by atoms with Crippen molar-refractivity contribution in [2.45, 2.75) is 25.4 Å². The molecule has 0 N–H and O–H groups in total. The Hall–Kier alpha value is -2.65. The van der Waals surface area contributed by atoms with Crippen LogP contribution in [0.5, 0.6) is 0 Å². The monoisotopic (exact) mass is 380 g/mol. The van der Waals surface area contributed by atoms with Crippen molar-refractivity contribution in [3.63, 3.8) is 0 Å². The van der Waals surface area contributed by atoms with E-state index in [2.05, 4.69) is 24.8 Å². The minimum atomic E-state index is 0.194. The molecule has 0 bridgehead atoms. The Kier molecular flexibility index (Phi) is 4.61. The van der Waals surface area contributed by atoms with Gasteiger partial charge in [0.15, 0.2) is 17.0 Å². The number of fused-ring (bicyclic) bond motifs is 1. The second-order valence-corrected chi connectivity index (χ2v) is 7.41. The van der Waals surface area contributed by atoms with E-state index in [9.17, 15) is 0 Å². The molecule has 2 fully saturated rings. The summed E-state index contributed by atoms with van der Waals surface area (Å²) < 4.78 is 7.50. The summed E-state index contributed by atoms with van der Waals surface area (Å²) in [5.74, 6) is 1.81. The van der Waals surface area contributed by atoms with Crippen LogP contribution in [0.4, 0.5) is 5.82 Å². The van der Waals surface area contributed by atoms with Gasteiger partial charge in [-0.15, -0.1) is 0 Å². The van der Waals surface area contributed by atoms with Gasteiger partial charge >= 0.3 is 0 Å². The lowest BCUT2D eigenvalue weighted by atomic mass is 10.2. The van der Waals surface area contributed by atoms with Gasteiger partial charge in [-0.3, -0.25) is 4.90 Å². The topological polar surface area (TPSA) is 85.1 Å². The standard InChI is InChI=1S/C19H24N8O/c1-25-13-22-16-18(25)23-17(24-19(16)26-5-7-28-8-6-26)15-3-2-4-27(15)11-14-9-20-12-21-10-14/h9-10,12-13,15H,2-8,11H2,1H3. The number of imidazole rings is 1. The fraction of sp³-hybridized carbons (Fsp3) is 0.526. The van der Waals surface area contributed by atoms with E-state index in [0.717, 1.165) is 80.6 Å². The molecule has 1 atom stereocenters. The highest BCUT2D eigenvalue weighted by molar-refractivity contribution is 5.83. The molecule has 146 valence electrons. The molecule has 3 aromatic rings. The van der Waals surface area contributed by atoms with E-state index < -0.39 is 0 Å². The molecule has 9 nitrogen and oxygen atoms in total. The Morgan fingerprint density at radius 1 is 1.11 bits per heavy atom. The zero-order valence-corrected chi connectivity index (χ0v) is 16.0. The van der Waals surface area contributed by atoms with Crippen LogP contribution in [0, 0.1) is 0 Å². The summed E-state index contributed by atoms with van der Waals surface area (Å²) in [5, 5.41) is 0. The molecule has 5 rings (SSSR count). The third-order valence-corrected chi connectivity index (χ3v) is 5.53. The highest BCUT2D eigenvalue weighted by Gasteiger charge is 2.30. The number of rotatable bonds is 4. The molecule has 2 saturated heterocycles. The van der Waals surface area contributed by atoms with Gasteiger partial charge in [0.2, 0.25) is 0 Å². The van der Waals surface area contributed by atoms with Crippen molar-refractivity contribution in [2.75, 3.05) is 37.7 Å². The van der Waals surface area contributed by atoms with E-state index in [1.165, 1.54) is 0 Å². The number of nitrogens with zero attached hydrogens (tertiary/aromatic N) is 8. The third-order valence-electron chi connectivity index (χ3n) is 5.53. The predicted octanol–water partition coefficient (Wildman–Crippen LogP) is 1.33. The Labute approximate surface area is 163 Å². The van der Waals surface area contributed by atoms with Gasteiger partial charge in [-0.2, -0.15) is 0 Å². The van der Waals surface area contributed by atoms with Crippen molar-refractivity contribution in [2.24, 2.45) is 7.05 Å². The number of hydrogen-bond donors (Lipinski definition) is 0. The van der Waals surface area contributed by atoms with Crippen LogP contribution in [0.25, 0.3) is 11.2 Å². The first-order valence-corrected chi connectivity index (χ1v) is 9.79. The maximum Gasteiger partial charge on any atom is 0.165 e. The molecular formula is C19H24N8O. The van der Waals surface area contributed by atoms with Crippen molar-refractivity contribution in [1.82, 2.24) is 34.4 Å². The predicted molar refractivity (Wildman–Crippen MR) is 104 cm³/mol. The summed E-state index contributed by atoms with van der Waals surface area (Å²) in [5.41, 5.74) is 2.87. The van der Waals surface area contributed by atoms with Gasteiger partial charge in [-0.1, -0.05) is 0 Å². The van der Waals surface area contributed by atoms with Crippen molar-refractivity contribution in [3.8, 4) is 0 Å². The van der Waals surface area contributed by atoms with Gasteiger partial charge in [-0.05, 0) is 19.4 Å². The van der Waals surface area contributed by atoms with Crippen LogP contribution < -0.4 is 4.90 Å². The Balaban J connectivity index is 1.51. The summed E-state index contributed by atoms with van der Waals surface area (Å²) >= 11 is 0. The van der Waals surface area contributed by atoms with E-state index in [1.54, 1.807) is 6.33 Å². The van der Waals surface area contributed by atoms with Crippen LogP contribution >= 0.6 is 0 Å². The lowest BCUT2D eigenvalue weighted by molar-refractivity contribution is 0.122. The first kappa shape index (κ1) is 17.4. The van der Waals surface area contributed by atoms with E-state index in [-0.39, 0.29) is 6.04 Å². The minimum absolute atomic E-state index is 0.194. The molecule has 0 amide bonds. The average Bonchev–Trinajstić information content (AvgIpc) is 3.36. The second-order valence-electron chi connectivity index (χ2n) is 7.41. The number of anilines is 1. The molecule has 1 unspecified atom stereocenters. The van der Waals surface area contributed by atoms with Crippen LogP contribution in [0.1, 0.15) is 30.3 Å². The molecule has 5 heterocycles. The summed E-state index contributed by atoms with van der Waals surface area (Å²) in [6.45, 7) is 4.94. The number of aromatic nitrogens is 6. The highest BCUT2D eigenvalue weighted by atomic mass is 16.5. The lowest BCUT2D eigenvalue weighted by Crippen LogP contribution is -2.37. The summed E-state index contributed by atoms with van der Waals surface area (Å²) in [6, 6.07) is 0.194. The fourth-order valence-corrected chi connectivity index (χ4v) is 4.11. The van der Waals surface area contributed by atoms with Gasteiger partial charge in [-0.25, -0.2) is 24.9 Å². The first-order valence-electron chi connectivity index (χ1n) is 9.79. The van der Waals surface area contributed by atoms with Crippen LogP contribution in [-0.4, -0.2) is 67.2 Å². The quantitative estimate of drug-likeness (QED) is 0.670. The van der Waals surface area contributed by atoms with Crippen molar-refractivity contribution in [3.05, 3.63) is 36.4 Å². The summed E-state index contributed by atoms with van der Waals surface area (Å²) in [4.78, 5) is 27.5. The molecule has 28 heavy (non-hydrogen) atoms. The van der Waals surface area contributed by atoms with Crippen molar-refractivity contribution in [1.29, 1.82) is 0 Å². The maximum absolute atomic E-state index is 5.52. The van der Waals surface area contributed by atoms with E-state index in [1.807, 2.05) is 30.3 Å². The molecule has 0 aliphatic carbocycles. The first-order chi connectivity index (χ1) is 13.8. The van der Waals surface area contributed by atoms with Gasteiger partial charge in [0, 0.05) is 44.6 Å². The van der Waals surface area contributed by atoms with Crippen LogP contribution in [-0.2, 0) is 18.3 Å². The number of hydrogen-bond acceptors (Lipinski definition) is 8. The molecular weight excluding hydrogens is 356 g/mol. The van der Waals surface area contributed by atoms with Crippen LogP contribution in [0.3, 0.4) is 0 Å². The average molecular weight is 380 g/mol. The van der Waals surface area contributed by atoms with E-state index >= 15 is 0 Å². The number of aryl methyl sites for hydroxylation is 1. The highest BCUT2D eigenvalue weighted by Crippen LogP contribution is 2.34. The molecule has 3 aromatic heterocycles. The molecule has 0 aromatic carbocycles. The SMILES string of the molecule is Cn1cnc2c(N3CCOCC3)nc(C3CCCN3Cc3cncnc3)nc21. The lowest BCUT2D eigenvalue weighted by Gasteiger charge is -2.29. The van der Waals surface area contributed by atoms with Gasteiger partial charge in [0.25, 0.3) is 0 Å². The Bertz CT molecular complexity index is 953. The smallest absolute Gasteiger partial charge is 0.165 e. The molecule has 2 aliphatic rings. The van der Waals surface area contributed by atoms with E-state index in [0.29, 0.717) is 0 Å². The Morgan fingerprint density at radius 2 is 1.93 bits per heavy atom. The summed E-state index contributed by atoms with van der Waals surface area (Å²) in [7, 11) is 1.99. The normalized spacial score (nSPS) is 20.9. The van der Waals surface area contributed by atoms with Crippen molar-refractivity contribution < 1.29 is 4.74 Å². The molecule has 2 aliphatic heterocycles. The number of likely N-dealkylation sites (tertiary alicyclic amines) is 1. The maximum atomic E-state index is 5.52. The van der Waals surface area contributed by atoms with Crippen LogP contribution in [0.15, 0.2) is 25.0 Å². The molecule has 9 heteroatoms. The molecule has 0 saturated carbocycles. The molecule has 0 spiro atoms. The number of morpholine rings is 1. The van der Waals surface area contributed by atoms with E-state index in [4.69, 9.17) is 14.7 Å². The van der Waals surface area contributed by atoms with Gasteiger partial charge < -0.3 is 14.2 Å². The fourth-order valence-electron chi connectivity index (χ4n) is 4.11. The number of ether oxygens (including phenoxy) is 1. The zero-order chi connectivity index (χ0) is 18.9. The van der Waals surface area contributed by atoms with Crippen molar-refractivity contribution >= 4 is 17.0 Å². The van der Waals surface area contributed by atoms with Gasteiger partial charge in [0.05, 0.1) is 25.6 Å². The van der Waals surface area contributed by atoms with Gasteiger partial charge in [0.1, 0.15) is 12.2 Å². The zero-order valence-electron chi connectivity index (χ0n) is 16.0. The third kappa shape index (κ3) is 3.20. The second kappa shape index (κ2) is 7.40. The molecule has 0 radical (unpaired) electrons. The van der Waals surface area contributed by atoms with Crippen LogP contribution in [0.2, 0.25) is 0 Å². The summed E-state index contributed by atoms with van der Waals surface area (Å²) in [6.07, 6.45) is 9.34. The minimum Gasteiger partial charge on any atom is -0.378 e. The Morgan fingerprint density at radius 3 is 2.75 bits per heavy atom. The largest absolute Gasteiger partial charge is 0.378 e.